The summed E-state index contributed by atoms with van der Waals surface area (Å²) in [6.45, 7) is 0.666. The van der Waals surface area contributed by atoms with E-state index in [9.17, 15) is 0 Å². The summed E-state index contributed by atoms with van der Waals surface area (Å²) in [7, 11) is 3.95. The van der Waals surface area contributed by atoms with Crippen LogP contribution in [0, 0.1) is 0 Å². The van der Waals surface area contributed by atoms with Crippen LogP contribution in [-0.2, 0) is 6.54 Å². The molecule has 0 radical (unpaired) electrons. The van der Waals surface area contributed by atoms with Crippen LogP contribution in [0.2, 0.25) is 5.02 Å². The molecule has 0 unspecified atom stereocenters. The Labute approximate surface area is 129 Å². The van der Waals surface area contributed by atoms with E-state index < -0.39 is 0 Å². The van der Waals surface area contributed by atoms with Gasteiger partial charge in [-0.1, -0.05) is 17.7 Å². The number of nitrogens with one attached hydrogen (secondary N) is 1. The number of benzene rings is 1. The molecule has 0 aliphatic rings. The van der Waals surface area contributed by atoms with Crippen LogP contribution in [0.3, 0.4) is 0 Å². The Balaban J connectivity index is 1.74. The lowest BCUT2D eigenvalue weighted by Crippen LogP contribution is -2.09. The fourth-order valence-electron chi connectivity index (χ4n) is 2.24. The topological polar surface area (TPSA) is 32.6 Å². The Kier molecular flexibility index (Phi) is 3.71. The summed E-state index contributed by atoms with van der Waals surface area (Å²) in [5.41, 5.74) is 3.95. The van der Waals surface area contributed by atoms with Gasteiger partial charge in [-0.3, -0.25) is 0 Å². The molecule has 2 aromatic heterocycles. The van der Waals surface area contributed by atoms with Crippen molar-refractivity contribution < 1.29 is 0 Å². The molecule has 1 aromatic carbocycles. The zero-order chi connectivity index (χ0) is 14.8. The molecule has 0 aliphatic carbocycles. The Bertz CT molecular complexity index is 731. The molecule has 108 valence electrons. The predicted molar refractivity (Wildman–Crippen MR) is 88.3 cm³/mol. The van der Waals surface area contributed by atoms with Crippen LogP contribution in [0.4, 0.5) is 11.4 Å². The third kappa shape index (κ3) is 2.95. The smallest absolute Gasteiger partial charge is 0.137 e. The number of imidazole rings is 1. The van der Waals surface area contributed by atoms with E-state index >= 15 is 0 Å². The van der Waals surface area contributed by atoms with Crippen molar-refractivity contribution in [2.24, 2.45) is 0 Å². The first-order chi connectivity index (χ1) is 10.1. The maximum Gasteiger partial charge on any atom is 0.137 e. The lowest BCUT2D eigenvalue weighted by Gasteiger charge is -2.15. The summed E-state index contributed by atoms with van der Waals surface area (Å²) in [4.78, 5) is 6.55. The number of halogens is 1. The molecule has 0 atom stereocenters. The third-order valence-electron chi connectivity index (χ3n) is 3.32. The van der Waals surface area contributed by atoms with E-state index in [2.05, 4.69) is 10.3 Å². The number of nitrogens with zero attached hydrogens (tertiary/aromatic N) is 3. The minimum atomic E-state index is 0.666. The Morgan fingerprint density at radius 3 is 2.81 bits per heavy atom. The number of hydrogen-bond donors (Lipinski definition) is 1. The van der Waals surface area contributed by atoms with E-state index in [4.69, 9.17) is 11.6 Å². The molecule has 0 saturated heterocycles. The summed E-state index contributed by atoms with van der Waals surface area (Å²) in [6, 6.07) is 11.9. The SMILES string of the molecule is CN(C)c1ccc(NCc2cn3ccccc3n2)cc1Cl. The van der Waals surface area contributed by atoms with Gasteiger partial charge in [0.15, 0.2) is 0 Å². The van der Waals surface area contributed by atoms with Gasteiger partial charge in [-0.2, -0.15) is 0 Å². The van der Waals surface area contributed by atoms with E-state index in [1.54, 1.807) is 0 Å². The second-order valence-corrected chi connectivity index (χ2v) is 5.52. The van der Waals surface area contributed by atoms with Crippen molar-refractivity contribution in [3.63, 3.8) is 0 Å². The number of anilines is 2. The summed E-state index contributed by atoms with van der Waals surface area (Å²) < 4.78 is 2.01. The van der Waals surface area contributed by atoms with Gasteiger partial charge in [0.2, 0.25) is 0 Å². The van der Waals surface area contributed by atoms with E-state index in [-0.39, 0.29) is 0 Å². The van der Waals surface area contributed by atoms with Gasteiger partial charge in [0, 0.05) is 32.2 Å². The van der Waals surface area contributed by atoms with E-state index in [0.29, 0.717) is 6.54 Å². The molecular formula is C16H17ClN4. The molecule has 3 rings (SSSR count). The normalized spacial score (nSPS) is 10.8. The molecule has 1 N–H and O–H groups in total. The molecule has 0 saturated carbocycles. The van der Waals surface area contributed by atoms with Crippen molar-refractivity contribution in [3.05, 3.63) is 59.5 Å². The van der Waals surface area contributed by atoms with Gasteiger partial charge in [-0.15, -0.1) is 0 Å². The van der Waals surface area contributed by atoms with Gasteiger partial charge in [-0.25, -0.2) is 4.98 Å². The largest absolute Gasteiger partial charge is 0.379 e. The van der Waals surface area contributed by atoms with Gasteiger partial charge in [0.05, 0.1) is 22.9 Å². The average Bonchev–Trinajstić information content (AvgIpc) is 2.87. The highest BCUT2D eigenvalue weighted by Gasteiger charge is 2.05. The first kappa shape index (κ1) is 13.8. The fraction of sp³-hybridized carbons (Fsp3) is 0.188. The molecule has 0 bridgehead atoms. The van der Waals surface area contributed by atoms with Crippen molar-refractivity contribution >= 4 is 28.6 Å². The lowest BCUT2D eigenvalue weighted by molar-refractivity contribution is 1.08. The molecule has 4 nitrogen and oxygen atoms in total. The minimum Gasteiger partial charge on any atom is -0.379 e. The van der Waals surface area contributed by atoms with Gasteiger partial charge in [0.1, 0.15) is 5.65 Å². The second kappa shape index (κ2) is 5.66. The monoisotopic (exact) mass is 300 g/mol. The zero-order valence-electron chi connectivity index (χ0n) is 12.0. The standard InChI is InChI=1S/C16H17ClN4/c1-20(2)15-7-6-12(9-14(15)17)18-10-13-11-21-8-4-3-5-16(21)19-13/h3-9,11,18H,10H2,1-2H3. The van der Waals surface area contributed by atoms with Crippen LogP contribution in [-0.4, -0.2) is 23.5 Å². The molecule has 3 aromatic rings. The number of aromatic nitrogens is 2. The van der Waals surface area contributed by atoms with Crippen LogP contribution in [0.15, 0.2) is 48.8 Å². The molecule has 0 spiro atoms. The molecule has 0 aliphatic heterocycles. The van der Waals surface area contributed by atoms with Crippen LogP contribution >= 0.6 is 11.6 Å². The van der Waals surface area contributed by atoms with Gasteiger partial charge in [-0.05, 0) is 30.3 Å². The lowest BCUT2D eigenvalue weighted by atomic mass is 10.2. The van der Waals surface area contributed by atoms with Crippen molar-refractivity contribution in [2.45, 2.75) is 6.54 Å². The quantitative estimate of drug-likeness (QED) is 0.798. The molecule has 0 fully saturated rings. The van der Waals surface area contributed by atoms with Gasteiger partial charge >= 0.3 is 0 Å². The van der Waals surface area contributed by atoms with Crippen molar-refractivity contribution in [3.8, 4) is 0 Å². The van der Waals surface area contributed by atoms with Gasteiger partial charge < -0.3 is 14.6 Å². The zero-order valence-corrected chi connectivity index (χ0v) is 12.8. The minimum absolute atomic E-state index is 0.666. The summed E-state index contributed by atoms with van der Waals surface area (Å²) in [5.74, 6) is 0. The Hall–Kier alpha value is -2.20. The van der Waals surface area contributed by atoms with Crippen molar-refractivity contribution in [2.75, 3.05) is 24.3 Å². The van der Waals surface area contributed by atoms with Crippen molar-refractivity contribution in [1.29, 1.82) is 0 Å². The fourth-order valence-corrected chi connectivity index (χ4v) is 2.59. The van der Waals surface area contributed by atoms with Gasteiger partial charge in [0.25, 0.3) is 0 Å². The second-order valence-electron chi connectivity index (χ2n) is 5.11. The first-order valence-corrected chi connectivity index (χ1v) is 7.14. The number of fused-ring (bicyclic) bond motifs is 1. The van der Waals surface area contributed by atoms with Crippen molar-refractivity contribution in [1.82, 2.24) is 9.38 Å². The molecule has 0 amide bonds. The average molecular weight is 301 g/mol. The number of hydrogen-bond acceptors (Lipinski definition) is 3. The van der Waals surface area contributed by atoms with E-state index in [0.717, 1.165) is 27.7 Å². The van der Waals surface area contributed by atoms with Crippen LogP contribution < -0.4 is 10.2 Å². The Morgan fingerprint density at radius 1 is 1.24 bits per heavy atom. The van der Waals surface area contributed by atoms with Crippen LogP contribution in [0.25, 0.3) is 5.65 Å². The maximum absolute atomic E-state index is 6.27. The van der Waals surface area contributed by atoms with E-state index in [1.807, 2.05) is 72.2 Å². The highest BCUT2D eigenvalue weighted by molar-refractivity contribution is 6.33. The summed E-state index contributed by atoms with van der Waals surface area (Å²) in [6.07, 6.45) is 4.02. The highest BCUT2D eigenvalue weighted by Crippen LogP contribution is 2.27. The highest BCUT2D eigenvalue weighted by atomic mass is 35.5. The third-order valence-corrected chi connectivity index (χ3v) is 3.62. The molecule has 5 heteroatoms. The molecule has 2 heterocycles. The number of pyridine rings is 1. The first-order valence-electron chi connectivity index (χ1n) is 6.77. The van der Waals surface area contributed by atoms with E-state index in [1.165, 1.54) is 0 Å². The van der Waals surface area contributed by atoms with Crippen LogP contribution in [0.5, 0.6) is 0 Å². The van der Waals surface area contributed by atoms with Crippen LogP contribution in [0.1, 0.15) is 5.69 Å². The Morgan fingerprint density at radius 2 is 2.10 bits per heavy atom. The number of rotatable bonds is 4. The maximum atomic E-state index is 6.27. The summed E-state index contributed by atoms with van der Waals surface area (Å²) >= 11 is 6.27. The predicted octanol–water partition coefficient (Wildman–Crippen LogP) is 3.67. The summed E-state index contributed by atoms with van der Waals surface area (Å²) in [5, 5.41) is 4.09. The molecule has 21 heavy (non-hydrogen) atoms. The molecular weight excluding hydrogens is 284 g/mol.